The van der Waals surface area contributed by atoms with E-state index in [1.165, 1.54) is 7.11 Å². The number of halogens is 1. The zero-order valence-electron chi connectivity index (χ0n) is 9.14. The molecule has 6 heteroatoms. The van der Waals surface area contributed by atoms with E-state index in [0.29, 0.717) is 22.7 Å². The number of ether oxygens (including phenoxy) is 1. The van der Waals surface area contributed by atoms with E-state index in [1.54, 1.807) is 18.2 Å². The van der Waals surface area contributed by atoms with Gasteiger partial charge in [0, 0.05) is 6.42 Å². The Morgan fingerprint density at radius 1 is 1.65 bits per heavy atom. The van der Waals surface area contributed by atoms with E-state index in [-0.39, 0.29) is 6.42 Å². The number of benzene rings is 1. The highest BCUT2D eigenvalue weighted by Crippen LogP contribution is 2.25. The second-order valence-corrected chi connectivity index (χ2v) is 3.76. The molecule has 0 heterocycles. The van der Waals surface area contributed by atoms with Crippen LogP contribution in [0, 0.1) is 0 Å². The highest BCUT2D eigenvalue weighted by Gasteiger charge is 2.17. The Balaban J connectivity index is 2.82. The van der Waals surface area contributed by atoms with Gasteiger partial charge in [0.25, 0.3) is 0 Å². The van der Waals surface area contributed by atoms with Gasteiger partial charge in [0.2, 0.25) is 6.41 Å². The molecule has 1 rings (SSSR count). The van der Waals surface area contributed by atoms with Crippen molar-refractivity contribution < 1.29 is 19.4 Å². The van der Waals surface area contributed by atoms with Gasteiger partial charge in [-0.2, -0.15) is 0 Å². The summed E-state index contributed by atoms with van der Waals surface area (Å²) < 4.78 is 4.98. The van der Waals surface area contributed by atoms with Gasteiger partial charge in [-0.3, -0.25) is 4.79 Å². The van der Waals surface area contributed by atoms with Gasteiger partial charge in [-0.05, 0) is 17.7 Å². The molecule has 0 fully saturated rings. The third-order valence-corrected chi connectivity index (χ3v) is 2.52. The van der Waals surface area contributed by atoms with E-state index in [4.69, 9.17) is 21.4 Å². The highest BCUT2D eigenvalue weighted by atomic mass is 35.5. The van der Waals surface area contributed by atoms with E-state index >= 15 is 0 Å². The van der Waals surface area contributed by atoms with E-state index in [2.05, 4.69) is 5.32 Å². The van der Waals surface area contributed by atoms with E-state index in [1.807, 2.05) is 0 Å². The second-order valence-electron chi connectivity index (χ2n) is 3.35. The van der Waals surface area contributed by atoms with Crippen molar-refractivity contribution in [1.82, 2.24) is 5.32 Å². The van der Waals surface area contributed by atoms with Crippen molar-refractivity contribution in [3.05, 3.63) is 28.8 Å². The molecular weight excluding hydrogens is 246 g/mol. The first-order valence-electron chi connectivity index (χ1n) is 4.83. The molecule has 1 amide bonds. The van der Waals surface area contributed by atoms with Crippen LogP contribution >= 0.6 is 11.6 Å². The molecule has 0 saturated carbocycles. The zero-order valence-corrected chi connectivity index (χ0v) is 9.90. The number of carboxylic acids is 1. The Labute approximate surface area is 103 Å². The molecule has 1 atom stereocenters. The molecule has 1 aromatic carbocycles. The maximum absolute atomic E-state index is 10.8. The van der Waals surface area contributed by atoms with Gasteiger partial charge in [-0.25, -0.2) is 4.79 Å². The molecule has 1 unspecified atom stereocenters. The fourth-order valence-electron chi connectivity index (χ4n) is 1.37. The van der Waals surface area contributed by atoms with Gasteiger partial charge < -0.3 is 15.2 Å². The number of carboxylic acid groups (broad SMARTS) is 1. The van der Waals surface area contributed by atoms with Crippen LogP contribution in [-0.2, 0) is 16.0 Å². The molecule has 0 saturated heterocycles. The van der Waals surface area contributed by atoms with Gasteiger partial charge in [0.1, 0.15) is 11.8 Å². The smallest absolute Gasteiger partial charge is 0.326 e. The number of hydrogen-bond donors (Lipinski definition) is 2. The molecule has 1 aromatic rings. The topological polar surface area (TPSA) is 75.6 Å². The van der Waals surface area contributed by atoms with Crippen LogP contribution in [0.15, 0.2) is 18.2 Å². The van der Waals surface area contributed by atoms with E-state index < -0.39 is 12.0 Å². The number of nitrogens with one attached hydrogen (secondary N) is 1. The first-order chi connectivity index (χ1) is 8.08. The lowest BCUT2D eigenvalue weighted by molar-refractivity contribution is -0.140. The van der Waals surface area contributed by atoms with Crippen molar-refractivity contribution in [2.45, 2.75) is 12.5 Å². The molecule has 0 bridgehead atoms. The Kier molecular flexibility index (Phi) is 4.78. The number of amides is 1. The normalized spacial score (nSPS) is 11.6. The van der Waals surface area contributed by atoms with E-state index in [9.17, 15) is 9.59 Å². The number of methoxy groups -OCH3 is 1. The molecule has 2 N–H and O–H groups in total. The molecule has 0 radical (unpaired) electrons. The van der Waals surface area contributed by atoms with Crippen LogP contribution in [0.5, 0.6) is 5.75 Å². The fourth-order valence-corrected chi connectivity index (χ4v) is 1.65. The lowest BCUT2D eigenvalue weighted by Crippen LogP contribution is -2.37. The molecule has 17 heavy (non-hydrogen) atoms. The maximum Gasteiger partial charge on any atom is 0.326 e. The molecule has 5 nitrogen and oxygen atoms in total. The third kappa shape index (κ3) is 3.64. The number of carbonyl (C=O) groups is 2. The minimum atomic E-state index is -1.09. The average Bonchev–Trinajstić information content (AvgIpc) is 2.28. The monoisotopic (exact) mass is 257 g/mol. The summed E-state index contributed by atoms with van der Waals surface area (Å²) >= 11 is 5.91. The molecule has 0 aliphatic heterocycles. The molecule has 92 valence electrons. The Bertz CT molecular complexity index is 422. The summed E-state index contributed by atoms with van der Waals surface area (Å²) in [5.41, 5.74) is 0.706. The molecule has 0 spiro atoms. The van der Waals surface area contributed by atoms with Crippen LogP contribution in [-0.4, -0.2) is 30.6 Å². The number of rotatable bonds is 6. The average molecular weight is 258 g/mol. The van der Waals surface area contributed by atoms with Crippen molar-refractivity contribution in [2.24, 2.45) is 0 Å². The van der Waals surface area contributed by atoms with Crippen LogP contribution < -0.4 is 10.1 Å². The van der Waals surface area contributed by atoms with Gasteiger partial charge in [-0.15, -0.1) is 0 Å². The molecular formula is C11H12ClNO4. The standard InChI is InChI=1S/C11H12ClNO4/c1-17-10-3-2-7(4-8(10)12)5-9(11(15)16)13-6-14/h2-4,6,9H,5H2,1H3,(H,13,14)(H,15,16). The Morgan fingerprint density at radius 3 is 2.82 bits per heavy atom. The van der Waals surface area contributed by atoms with Crippen LogP contribution in [0.1, 0.15) is 5.56 Å². The van der Waals surface area contributed by atoms with Gasteiger partial charge in [0.15, 0.2) is 0 Å². The molecule has 0 aromatic heterocycles. The van der Waals surface area contributed by atoms with Crippen molar-refractivity contribution in [3.8, 4) is 5.75 Å². The predicted octanol–water partition coefficient (Wildman–Crippen LogP) is 1.09. The number of aliphatic carboxylic acids is 1. The minimum absolute atomic E-state index is 0.164. The van der Waals surface area contributed by atoms with Crippen molar-refractivity contribution in [2.75, 3.05) is 7.11 Å². The lowest BCUT2D eigenvalue weighted by Gasteiger charge is -2.12. The molecule has 0 aliphatic rings. The SMILES string of the molecule is COc1ccc(CC(NC=O)C(=O)O)cc1Cl. The first-order valence-corrected chi connectivity index (χ1v) is 5.21. The van der Waals surface area contributed by atoms with Crippen LogP contribution in [0.25, 0.3) is 0 Å². The van der Waals surface area contributed by atoms with Gasteiger partial charge >= 0.3 is 5.97 Å². The zero-order chi connectivity index (χ0) is 12.8. The second kappa shape index (κ2) is 6.10. The maximum atomic E-state index is 10.8. The van der Waals surface area contributed by atoms with Crippen LogP contribution in [0.2, 0.25) is 5.02 Å². The molecule has 0 aliphatic carbocycles. The van der Waals surface area contributed by atoms with Crippen molar-refractivity contribution in [3.63, 3.8) is 0 Å². The van der Waals surface area contributed by atoms with E-state index in [0.717, 1.165) is 0 Å². The summed E-state index contributed by atoms with van der Waals surface area (Å²) in [5, 5.41) is 11.5. The summed E-state index contributed by atoms with van der Waals surface area (Å²) in [6.45, 7) is 0. The predicted molar refractivity (Wildman–Crippen MR) is 62.3 cm³/mol. The largest absolute Gasteiger partial charge is 0.495 e. The lowest BCUT2D eigenvalue weighted by atomic mass is 10.1. The number of hydrogen-bond acceptors (Lipinski definition) is 3. The highest BCUT2D eigenvalue weighted by molar-refractivity contribution is 6.32. The van der Waals surface area contributed by atoms with Crippen molar-refractivity contribution in [1.29, 1.82) is 0 Å². The fraction of sp³-hybridized carbons (Fsp3) is 0.273. The van der Waals surface area contributed by atoms with Crippen LogP contribution in [0.3, 0.4) is 0 Å². The summed E-state index contributed by atoms with van der Waals surface area (Å²) in [6, 6.07) is 4.00. The minimum Gasteiger partial charge on any atom is -0.495 e. The first kappa shape index (κ1) is 13.3. The summed E-state index contributed by atoms with van der Waals surface area (Å²) in [7, 11) is 1.49. The van der Waals surface area contributed by atoms with Crippen LogP contribution in [0.4, 0.5) is 0 Å². The third-order valence-electron chi connectivity index (χ3n) is 2.22. The number of carbonyl (C=O) groups excluding carboxylic acids is 1. The Morgan fingerprint density at radius 2 is 2.35 bits per heavy atom. The van der Waals surface area contributed by atoms with Crippen molar-refractivity contribution >= 4 is 24.0 Å². The quantitative estimate of drug-likeness (QED) is 0.748. The summed E-state index contributed by atoms with van der Waals surface area (Å²) in [5.74, 6) is -0.574. The Hall–Kier alpha value is -1.75. The summed E-state index contributed by atoms with van der Waals surface area (Å²) in [6.07, 6.45) is 0.529. The van der Waals surface area contributed by atoms with Gasteiger partial charge in [0.05, 0.1) is 12.1 Å². The summed E-state index contributed by atoms with van der Waals surface area (Å²) in [4.78, 5) is 21.1. The van der Waals surface area contributed by atoms with Gasteiger partial charge in [-0.1, -0.05) is 17.7 Å².